The number of rotatable bonds is 3. The van der Waals surface area contributed by atoms with Crippen molar-refractivity contribution in [2.75, 3.05) is 0 Å². The molecule has 0 saturated heterocycles. The Bertz CT molecular complexity index is 296. The van der Waals surface area contributed by atoms with Gasteiger partial charge in [0.1, 0.15) is 0 Å². The number of benzene rings is 1. The largest absolute Gasteiger partial charge is 0.261 e. The first-order valence-electron chi connectivity index (χ1n) is 4.61. The molecule has 0 saturated carbocycles. The Hall–Kier alpha value is -1.37. The van der Waals surface area contributed by atoms with E-state index in [1.54, 1.807) is 0 Å². The summed E-state index contributed by atoms with van der Waals surface area (Å²) in [7, 11) is 0. The third kappa shape index (κ3) is 2.86. The molecule has 0 aliphatic rings. The topological polar surface area (TPSA) is 12.4 Å². The van der Waals surface area contributed by atoms with E-state index in [0.717, 1.165) is 12.1 Å². The molecular weight excluding hydrogens is 158 g/mol. The molecule has 1 rings (SSSR count). The lowest BCUT2D eigenvalue weighted by Gasteiger charge is -2.00. The van der Waals surface area contributed by atoms with Crippen LogP contribution in [0.5, 0.6) is 0 Å². The molecule has 1 aromatic carbocycles. The minimum absolute atomic E-state index is 0.967. The Morgan fingerprint density at radius 1 is 1.31 bits per heavy atom. The lowest BCUT2D eigenvalue weighted by molar-refractivity contribution is 1.26. The monoisotopic (exact) mass is 173 g/mol. The molecule has 0 heterocycles. The van der Waals surface area contributed by atoms with Crippen molar-refractivity contribution in [3.63, 3.8) is 0 Å². The van der Waals surface area contributed by atoms with Gasteiger partial charge in [-0.15, -0.1) is 0 Å². The van der Waals surface area contributed by atoms with Crippen LogP contribution in [0.3, 0.4) is 0 Å². The van der Waals surface area contributed by atoms with Gasteiger partial charge in [-0.1, -0.05) is 43.3 Å². The molecule has 0 aliphatic carbocycles. The molecule has 0 spiro atoms. The molecule has 1 aromatic rings. The maximum Gasteiger partial charge on any atom is 0.0472 e. The molecular formula is C12H15N. The highest BCUT2D eigenvalue weighted by atomic mass is 14.7. The van der Waals surface area contributed by atoms with Gasteiger partial charge in [-0.2, -0.15) is 0 Å². The number of allylic oxidation sites excluding steroid dienone is 1. The van der Waals surface area contributed by atoms with Crippen LogP contribution in [0.2, 0.25) is 0 Å². The van der Waals surface area contributed by atoms with Gasteiger partial charge in [-0.05, 0) is 18.9 Å². The minimum Gasteiger partial charge on any atom is -0.261 e. The van der Waals surface area contributed by atoms with Crippen molar-refractivity contribution in [2.45, 2.75) is 20.3 Å². The standard InChI is InChI=1S/C12H15N/c1-3-10-13-12(4-2)11-8-6-5-7-9-11/h3,5-10H,4H2,1-2H3. The van der Waals surface area contributed by atoms with Crippen LogP contribution < -0.4 is 0 Å². The summed E-state index contributed by atoms with van der Waals surface area (Å²) in [4.78, 5) is 4.37. The molecule has 0 atom stereocenters. The maximum atomic E-state index is 4.37. The van der Waals surface area contributed by atoms with Gasteiger partial charge in [0.05, 0.1) is 0 Å². The molecule has 0 radical (unpaired) electrons. The average molecular weight is 173 g/mol. The highest BCUT2D eigenvalue weighted by Gasteiger charge is 1.96. The normalized spacial score (nSPS) is 12.3. The summed E-state index contributed by atoms with van der Waals surface area (Å²) in [5.74, 6) is 0. The second-order valence-corrected chi connectivity index (χ2v) is 2.78. The summed E-state index contributed by atoms with van der Waals surface area (Å²) in [6.07, 6.45) is 4.75. The number of hydrogen-bond acceptors (Lipinski definition) is 1. The second kappa shape index (κ2) is 5.31. The Morgan fingerprint density at radius 3 is 2.54 bits per heavy atom. The van der Waals surface area contributed by atoms with Gasteiger partial charge in [0.25, 0.3) is 0 Å². The van der Waals surface area contributed by atoms with Crippen LogP contribution in [0.4, 0.5) is 0 Å². The third-order valence-electron chi connectivity index (χ3n) is 1.82. The van der Waals surface area contributed by atoms with Crippen molar-refractivity contribution in [1.82, 2.24) is 0 Å². The predicted molar refractivity (Wildman–Crippen MR) is 58.1 cm³/mol. The van der Waals surface area contributed by atoms with E-state index in [1.165, 1.54) is 5.56 Å². The van der Waals surface area contributed by atoms with Crippen molar-refractivity contribution in [3.8, 4) is 0 Å². The molecule has 0 amide bonds. The lowest BCUT2D eigenvalue weighted by Crippen LogP contribution is -1.97. The molecule has 0 fully saturated rings. The fourth-order valence-corrected chi connectivity index (χ4v) is 1.16. The Labute approximate surface area is 79.8 Å². The first-order chi connectivity index (χ1) is 6.38. The van der Waals surface area contributed by atoms with Crippen molar-refractivity contribution < 1.29 is 0 Å². The molecule has 0 bridgehead atoms. The van der Waals surface area contributed by atoms with E-state index in [4.69, 9.17) is 0 Å². The smallest absolute Gasteiger partial charge is 0.0472 e. The van der Waals surface area contributed by atoms with Crippen LogP contribution in [0.15, 0.2) is 47.6 Å². The van der Waals surface area contributed by atoms with E-state index >= 15 is 0 Å². The van der Waals surface area contributed by atoms with Crippen LogP contribution in [-0.2, 0) is 0 Å². The molecule has 0 unspecified atom stereocenters. The highest BCUT2D eigenvalue weighted by Crippen LogP contribution is 2.04. The van der Waals surface area contributed by atoms with Crippen molar-refractivity contribution in [3.05, 3.63) is 48.2 Å². The van der Waals surface area contributed by atoms with Gasteiger partial charge >= 0.3 is 0 Å². The minimum atomic E-state index is 0.967. The van der Waals surface area contributed by atoms with E-state index in [0.29, 0.717) is 0 Å². The first-order valence-corrected chi connectivity index (χ1v) is 4.61. The van der Waals surface area contributed by atoms with Gasteiger partial charge in [-0.25, -0.2) is 0 Å². The summed E-state index contributed by atoms with van der Waals surface area (Å²) in [5.41, 5.74) is 2.35. The van der Waals surface area contributed by atoms with Crippen LogP contribution in [-0.4, -0.2) is 5.71 Å². The SMILES string of the molecule is CC=CN=C(CC)c1ccccc1. The summed E-state index contributed by atoms with van der Waals surface area (Å²) in [6, 6.07) is 10.3. The molecule has 0 aromatic heterocycles. The summed E-state index contributed by atoms with van der Waals surface area (Å²) >= 11 is 0. The Balaban J connectivity index is 2.91. The zero-order valence-electron chi connectivity index (χ0n) is 8.20. The van der Waals surface area contributed by atoms with Crippen LogP contribution in [0.25, 0.3) is 0 Å². The van der Waals surface area contributed by atoms with Gasteiger partial charge in [0.15, 0.2) is 0 Å². The maximum absolute atomic E-state index is 4.37. The van der Waals surface area contributed by atoms with E-state index in [-0.39, 0.29) is 0 Å². The molecule has 68 valence electrons. The molecule has 13 heavy (non-hydrogen) atoms. The van der Waals surface area contributed by atoms with Gasteiger partial charge < -0.3 is 0 Å². The van der Waals surface area contributed by atoms with E-state index < -0.39 is 0 Å². The van der Waals surface area contributed by atoms with Crippen LogP contribution in [0.1, 0.15) is 25.8 Å². The van der Waals surface area contributed by atoms with Gasteiger partial charge in [-0.3, -0.25) is 4.99 Å². The number of hydrogen-bond donors (Lipinski definition) is 0. The van der Waals surface area contributed by atoms with E-state index in [1.807, 2.05) is 37.4 Å². The summed E-state index contributed by atoms with van der Waals surface area (Å²) in [6.45, 7) is 4.09. The average Bonchev–Trinajstić information content (AvgIpc) is 2.21. The third-order valence-corrected chi connectivity index (χ3v) is 1.82. The molecule has 0 N–H and O–H groups in total. The molecule has 1 heteroatoms. The predicted octanol–water partition coefficient (Wildman–Crippen LogP) is 3.42. The second-order valence-electron chi connectivity index (χ2n) is 2.78. The number of aliphatic imine (C=N–C) groups is 1. The lowest BCUT2D eigenvalue weighted by atomic mass is 10.1. The number of nitrogens with zero attached hydrogens (tertiary/aromatic N) is 1. The van der Waals surface area contributed by atoms with Gasteiger partial charge in [0, 0.05) is 11.9 Å². The quantitative estimate of drug-likeness (QED) is 0.621. The summed E-state index contributed by atoms with van der Waals surface area (Å²) < 4.78 is 0. The van der Waals surface area contributed by atoms with Crippen molar-refractivity contribution in [2.24, 2.45) is 4.99 Å². The first kappa shape index (κ1) is 9.72. The summed E-state index contributed by atoms with van der Waals surface area (Å²) in [5, 5.41) is 0. The Kier molecular flexibility index (Phi) is 3.97. The highest BCUT2D eigenvalue weighted by molar-refractivity contribution is 6.00. The fourth-order valence-electron chi connectivity index (χ4n) is 1.16. The van der Waals surface area contributed by atoms with Crippen LogP contribution in [0, 0.1) is 0 Å². The zero-order chi connectivity index (χ0) is 9.52. The zero-order valence-corrected chi connectivity index (χ0v) is 8.20. The van der Waals surface area contributed by atoms with Crippen molar-refractivity contribution in [1.29, 1.82) is 0 Å². The van der Waals surface area contributed by atoms with E-state index in [2.05, 4.69) is 24.0 Å². The fraction of sp³-hybridized carbons (Fsp3) is 0.250. The Morgan fingerprint density at radius 2 is 2.00 bits per heavy atom. The molecule has 0 aliphatic heterocycles. The molecule has 1 nitrogen and oxygen atoms in total. The van der Waals surface area contributed by atoms with E-state index in [9.17, 15) is 0 Å². The van der Waals surface area contributed by atoms with Crippen LogP contribution >= 0.6 is 0 Å². The van der Waals surface area contributed by atoms with Crippen molar-refractivity contribution >= 4 is 5.71 Å². The van der Waals surface area contributed by atoms with Gasteiger partial charge in [0.2, 0.25) is 0 Å².